The summed E-state index contributed by atoms with van der Waals surface area (Å²) in [5, 5.41) is 6.02. The molecule has 0 saturated carbocycles. The van der Waals surface area contributed by atoms with Gasteiger partial charge in [-0.3, -0.25) is 4.79 Å². The molecule has 1 amide bonds. The molecule has 1 aromatic rings. The Bertz CT molecular complexity index is 365. The van der Waals surface area contributed by atoms with Crippen LogP contribution < -0.4 is 10.6 Å². The average molecular weight is 251 g/mol. The molecule has 0 fully saturated rings. The third-order valence-corrected chi connectivity index (χ3v) is 2.62. The van der Waals surface area contributed by atoms with Gasteiger partial charge in [0.1, 0.15) is 5.69 Å². The molecule has 18 heavy (non-hydrogen) atoms. The van der Waals surface area contributed by atoms with Crippen molar-refractivity contribution in [1.29, 1.82) is 0 Å². The lowest BCUT2D eigenvalue weighted by molar-refractivity contribution is 0.0934. The normalized spacial score (nSPS) is 11.9. The SMILES string of the molecule is CCC(C)NC(=O)c1ccc(NCCOC)cn1. The molecule has 1 unspecified atom stereocenters. The number of nitrogens with zero attached hydrogens (tertiary/aromatic N) is 1. The van der Waals surface area contributed by atoms with Gasteiger partial charge in [0.25, 0.3) is 5.91 Å². The van der Waals surface area contributed by atoms with Gasteiger partial charge in [0, 0.05) is 19.7 Å². The van der Waals surface area contributed by atoms with Crippen LogP contribution in [-0.2, 0) is 4.74 Å². The maximum absolute atomic E-state index is 11.8. The zero-order chi connectivity index (χ0) is 13.4. The first-order valence-corrected chi connectivity index (χ1v) is 6.17. The highest BCUT2D eigenvalue weighted by molar-refractivity contribution is 5.92. The summed E-state index contributed by atoms with van der Waals surface area (Å²) in [4.78, 5) is 15.9. The Morgan fingerprint density at radius 1 is 1.50 bits per heavy atom. The molecular weight excluding hydrogens is 230 g/mol. The van der Waals surface area contributed by atoms with Crippen molar-refractivity contribution in [3.63, 3.8) is 0 Å². The van der Waals surface area contributed by atoms with Crippen LogP contribution in [0.3, 0.4) is 0 Å². The van der Waals surface area contributed by atoms with Gasteiger partial charge in [0.2, 0.25) is 0 Å². The smallest absolute Gasteiger partial charge is 0.270 e. The molecule has 0 saturated heterocycles. The molecular formula is C13H21N3O2. The van der Waals surface area contributed by atoms with E-state index in [2.05, 4.69) is 15.6 Å². The largest absolute Gasteiger partial charge is 0.383 e. The number of hydrogen-bond donors (Lipinski definition) is 2. The van der Waals surface area contributed by atoms with Crippen LogP contribution in [0, 0.1) is 0 Å². The van der Waals surface area contributed by atoms with E-state index in [0.717, 1.165) is 18.7 Å². The fourth-order valence-electron chi connectivity index (χ4n) is 1.33. The Morgan fingerprint density at radius 2 is 2.28 bits per heavy atom. The van der Waals surface area contributed by atoms with Crippen LogP contribution in [0.2, 0.25) is 0 Å². The van der Waals surface area contributed by atoms with Crippen LogP contribution in [0.5, 0.6) is 0 Å². The zero-order valence-corrected chi connectivity index (χ0v) is 11.2. The van der Waals surface area contributed by atoms with Gasteiger partial charge in [-0.15, -0.1) is 0 Å². The van der Waals surface area contributed by atoms with Gasteiger partial charge >= 0.3 is 0 Å². The average Bonchev–Trinajstić information content (AvgIpc) is 2.39. The van der Waals surface area contributed by atoms with Crippen molar-refractivity contribution < 1.29 is 9.53 Å². The molecule has 0 aliphatic carbocycles. The minimum absolute atomic E-state index is 0.132. The molecule has 1 rings (SSSR count). The number of methoxy groups -OCH3 is 1. The molecule has 1 atom stereocenters. The van der Waals surface area contributed by atoms with Crippen LogP contribution in [0.15, 0.2) is 18.3 Å². The summed E-state index contributed by atoms with van der Waals surface area (Å²) in [5.41, 5.74) is 1.32. The first-order chi connectivity index (χ1) is 8.67. The standard InChI is InChI=1S/C13H21N3O2/c1-4-10(2)16-13(17)12-6-5-11(9-15-12)14-7-8-18-3/h5-6,9-10,14H,4,7-8H2,1-3H3,(H,16,17). The second-order valence-corrected chi connectivity index (χ2v) is 4.13. The maximum atomic E-state index is 11.8. The van der Waals surface area contributed by atoms with E-state index in [4.69, 9.17) is 4.74 Å². The number of carbonyl (C=O) groups is 1. The fourth-order valence-corrected chi connectivity index (χ4v) is 1.33. The lowest BCUT2D eigenvalue weighted by atomic mass is 10.2. The van der Waals surface area contributed by atoms with Crippen molar-refractivity contribution in [3.8, 4) is 0 Å². The Balaban J connectivity index is 2.51. The number of anilines is 1. The number of pyridine rings is 1. The summed E-state index contributed by atoms with van der Waals surface area (Å²) in [6, 6.07) is 3.72. The van der Waals surface area contributed by atoms with Crippen molar-refractivity contribution in [2.75, 3.05) is 25.6 Å². The topological polar surface area (TPSA) is 63.2 Å². The number of ether oxygens (including phenoxy) is 1. The number of aromatic nitrogens is 1. The van der Waals surface area contributed by atoms with Crippen molar-refractivity contribution in [3.05, 3.63) is 24.0 Å². The first-order valence-electron chi connectivity index (χ1n) is 6.17. The highest BCUT2D eigenvalue weighted by Crippen LogP contribution is 2.06. The molecule has 0 aliphatic rings. The van der Waals surface area contributed by atoms with E-state index in [1.807, 2.05) is 19.9 Å². The lowest BCUT2D eigenvalue weighted by Crippen LogP contribution is -2.32. The predicted molar refractivity (Wildman–Crippen MR) is 71.8 cm³/mol. The second-order valence-electron chi connectivity index (χ2n) is 4.13. The van der Waals surface area contributed by atoms with Gasteiger partial charge in [-0.1, -0.05) is 6.92 Å². The molecule has 0 aromatic carbocycles. The Morgan fingerprint density at radius 3 is 2.83 bits per heavy atom. The molecule has 0 bridgehead atoms. The highest BCUT2D eigenvalue weighted by atomic mass is 16.5. The number of amides is 1. The summed E-state index contributed by atoms with van der Waals surface area (Å²) >= 11 is 0. The predicted octanol–water partition coefficient (Wildman–Crippen LogP) is 1.67. The van der Waals surface area contributed by atoms with Crippen LogP contribution in [-0.4, -0.2) is 37.2 Å². The molecule has 5 nitrogen and oxygen atoms in total. The molecule has 2 N–H and O–H groups in total. The first kappa shape index (κ1) is 14.4. The maximum Gasteiger partial charge on any atom is 0.270 e. The Hall–Kier alpha value is -1.62. The quantitative estimate of drug-likeness (QED) is 0.724. The van der Waals surface area contributed by atoms with Crippen LogP contribution in [0.4, 0.5) is 5.69 Å². The summed E-state index contributed by atoms with van der Waals surface area (Å²) in [6.45, 7) is 5.35. The fraction of sp³-hybridized carbons (Fsp3) is 0.538. The third-order valence-electron chi connectivity index (χ3n) is 2.62. The van der Waals surface area contributed by atoms with Crippen molar-refractivity contribution in [2.45, 2.75) is 26.3 Å². The highest BCUT2D eigenvalue weighted by Gasteiger charge is 2.09. The minimum atomic E-state index is -0.132. The lowest BCUT2D eigenvalue weighted by Gasteiger charge is -2.11. The van der Waals surface area contributed by atoms with Gasteiger partial charge < -0.3 is 15.4 Å². The van der Waals surface area contributed by atoms with E-state index >= 15 is 0 Å². The molecule has 0 aliphatic heterocycles. The molecule has 1 aromatic heterocycles. The molecule has 0 radical (unpaired) electrons. The van der Waals surface area contributed by atoms with Crippen molar-refractivity contribution in [2.24, 2.45) is 0 Å². The monoisotopic (exact) mass is 251 g/mol. The third kappa shape index (κ3) is 4.71. The molecule has 0 spiro atoms. The van der Waals surface area contributed by atoms with E-state index in [9.17, 15) is 4.79 Å². The van der Waals surface area contributed by atoms with Crippen molar-refractivity contribution in [1.82, 2.24) is 10.3 Å². The second kappa shape index (κ2) is 7.66. The van der Waals surface area contributed by atoms with Crippen LogP contribution in [0.1, 0.15) is 30.8 Å². The van der Waals surface area contributed by atoms with E-state index in [1.54, 1.807) is 19.4 Å². The van der Waals surface area contributed by atoms with Gasteiger partial charge in [-0.2, -0.15) is 0 Å². The van der Waals surface area contributed by atoms with Gasteiger partial charge in [-0.05, 0) is 25.5 Å². The van der Waals surface area contributed by atoms with Gasteiger partial charge in [0.05, 0.1) is 18.5 Å². The summed E-state index contributed by atoms with van der Waals surface area (Å²) < 4.78 is 4.93. The number of rotatable bonds is 7. The van der Waals surface area contributed by atoms with E-state index < -0.39 is 0 Å². The number of hydrogen-bond acceptors (Lipinski definition) is 4. The van der Waals surface area contributed by atoms with Crippen molar-refractivity contribution >= 4 is 11.6 Å². The molecule has 5 heteroatoms. The summed E-state index contributed by atoms with van der Waals surface area (Å²) in [5.74, 6) is -0.132. The summed E-state index contributed by atoms with van der Waals surface area (Å²) in [7, 11) is 1.66. The zero-order valence-electron chi connectivity index (χ0n) is 11.2. The summed E-state index contributed by atoms with van der Waals surface area (Å²) in [6.07, 6.45) is 2.56. The van der Waals surface area contributed by atoms with E-state index in [-0.39, 0.29) is 11.9 Å². The molecule has 100 valence electrons. The van der Waals surface area contributed by atoms with E-state index in [0.29, 0.717) is 12.3 Å². The number of nitrogens with one attached hydrogen (secondary N) is 2. The molecule has 1 heterocycles. The van der Waals surface area contributed by atoms with E-state index in [1.165, 1.54) is 0 Å². The van der Waals surface area contributed by atoms with Gasteiger partial charge in [0.15, 0.2) is 0 Å². The van der Waals surface area contributed by atoms with Crippen LogP contribution in [0.25, 0.3) is 0 Å². The Labute approximate surface area is 108 Å². The van der Waals surface area contributed by atoms with Gasteiger partial charge in [-0.25, -0.2) is 4.98 Å². The number of carbonyl (C=O) groups excluding carboxylic acids is 1. The van der Waals surface area contributed by atoms with Crippen LogP contribution >= 0.6 is 0 Å². The minimum Gasteiger partial charge on any atom is -0.383 e. The Kier molecular flexibility index (Phi) is 6.14.